The average Bonchev–Trinajstić information content (AvgIpc) is 2.83. The fourth-order valence-corrected chi connectivity index (χ4v) is 2.23. The van der Waals surface area contributed by atoms with Crippen LogP contribution in [-0.4, -0.2) is 10.1 Å². The Balaban J connectivity index is 2.03. The van der Waals surface area contributed by atoms with E-state index in [4.69, 9.17) is 0 Å². The van der Waals surface area contributed by atoms with Crippen LogP contribution in [0.5, 0.6) is 0 Å². The minimum absolute atomic E-state index is 0.431. The van der Waals surface area contributed by atoms with Crippen LogP contribution in [0.3, 0.4) is 0 Å². The van der Waals surface area contributed by atoms with E-state index in [1.54, 1.807) is 11.7 Å². The molecule has 0 saturated carbocycles. The van der Waals surface area contributed by atoms with E-state index in [1.807, 2.05) is 0 Å². The van der Waals surface area contributed by atoms with E-state index < -0.39 is 6.10 Å². The fraction of sp³-hybridized carbons (Fsp3) is 0.308. The Hall–Kier alpha value is -1.19. The van der Waals surface area contributed by atoms with Gasteiger partial charge in [-0.2, -0.15) is 0 Å². The van der Waals surface area contributed by atoms with E-state index in [9.17, 15) is 5.11 Å². The van der Waals surface area contributed by atoms with Crippen molar-refractivity contribution in [1.82, 2.24) is 4.98 Å². The second-order valence-electron chi connectivity index (χ2n) is 3.79. The third-order valence-electron chi connectivity index (χ3n) is 2.64. The Morgan fingerprint density at radius 1 is 1.25 bits per heavy atom. The van der Waals surface area contributed by atoms with Gasteiger partial charge in [0, 0.05) is 12.6 Å². The van der Waals surface area contributed by atoms with E-state index in [1.165, 1.54) is 16.9 Å². The van der Waals surface area contributed by atoms with Gasteiger partial charge in [-0.05, 0) is 17.5 Å². The van der Waals surface area contributed by atoms with Crippen LogP contribution in [0, 0.1) is 0 Å². The van der Waals surface area contributed by atoms with Crippen molar-refractivity contribution in [3.8, 4) is 0 Å². The summed E-state index contributed by atoms with van der Waals surface area (Å²) in [6.07, 6.45) is 3.01. The van der Waals surface area contributed by atoms with Gasteiger partial charge in [-0.3, -0.25) is 4.98 Å². The normalized spacial score (nSPS) is 12.6. The van der Waals surface area contributed by atoms with Crippen LogP contribution in [0.25, 0.3) is 0 Å². The van der Waals surface area contributed by atoms with Gasteiger partial charge in [0.05, 0.1) is 16.5 Å². The molecule has 1 aromatic heterocycles. The third-order valence-corrected chi connectivity index (χ3v) is 3.52. The highest BCUT2D eigenvalue weighted by Gasteiger charge is 2.09. The maximum atomic E-state index is 9.96. The first-order valence-corrected chi connectivity index (χ1v) is 6.32. The summed E-state index contributed by atoms with van der Waals surface area (Å²) in [7, 11) is 0. The largest absolute Gasteiger partial charge is 0.387 e. The molecule has 2 nitrogen and oxygen atoms in total. The van der Waals surface area contributed by atoms with Crippen LogP contribution in [-0.2, 0) is 12.8 Å². The topological polar surface area (TPSA) is 33.1 Å². The number of aliphatic hydroxyl groups is 1. The molecule has 2 aromatic rings. The van der Waals surface area contributed by atoms with Gasteiger partial charge in [0.1, 0.15) is 0 Å². The quantitative estimate of drug-likeness (QED) is 0.880. The molecule has 1 N–H and O–H groups in total. The SMILES string of the molecule is CCc1ccc(CC(O)c2cncs2)cc1. The summed E-state index contributed by atoms with van der Waals surface area (Å²) in [5.41, 5.74) is 4.24. The standard InChI is InChI=1S/C13H15NOS/c1-2-10-3-5-11(6-4-10)7-12(15)13-8-14-9-16-13/h3-6,8-9,12,15H,2,7H2,1H3. The van der Waals surface area contributed by atoms with E-state index in [-0.39, 0.29) is 0 Å². The highest BCUT2D eigenvalue weighted by molar-refractivity contribution is 7.09. The van der Waals surface area contributed by atoms with Crippen molar-refractivity contribution in [3.63, 3.8) is 0 Å². The summed E-state index contributed by atoms with van der Waals surface area (Å²) >= 11 is 1.50. The lowest BCUT2D eigenvalue weighted by molar-refractivity contribution is 0.182. The van der Waals surface area contributed by atoms with E-state index >= 15 is 0 Å². The molecule has 16 heavy (non-hydrogen) atoms. The third kappa shape index (κ3) is 2.68. The van der Waals surface area contributed by atoms with Crippen molar-refractivity contribution < 1.29 is 5.11 Å². The molecular formula is C13H15NOS. The van der Waals surface area contributed by atoms with Crippen molar-refractivity contribution in [2.45, 2.75) is 25.9 Å². The molecule has 3 heteroatoms. The smallest absolute Gasteiger partial charge is 0.0938 e. The number of benzene rings is 1. The zero-order valence-electron chi connectivity index (χ0n) is 9.26. The Kier molecular flexibility index (Phi) is 3.70. The van der Waals surface area contributed by atoms with Crippen molar-refractivity contribution in [1.29, 1.82) is 0 Å². The maximum Gasteiger partial charge on any atom is 0.0938 e. The lowest BCUT2D eigenvalue weighted by Crippen LogP contribution is -1.99. The number of aliphatic hydroxyl groups excluding tert-OH is 1. The lowest BCUT2D eigenvalue weighted by atomic mass is 10.0. The highest BCUT2D eigenvalue weighted by atomic mass is 32.1. The lowest BCUT2D eigenvalue weighted by Gasteiger charge is -2.08. The van der Waals surface area contributed by atoms with E-state index in [2.05, 4.69) is 36.2 Å². The zero-order chi connectivity index (χ0) is 11.4. The Labute approximate surface area is 99.6 Å². The molecule has 0 fully saturated rings. The molecule has 0 amide bonds. The number of aromatic nitrogens is 1. The van der Waals surface area contributed by atoms with Gasteiger partial charge in [0.2, 0.25) is 0 Å². The van der Waals surface area contributed by atoms with Crippen LogP contribution >= 0.6 is 11.3 Å². The van der Waals surface area contributed by atoms with Gasteiger partial charge in [-0.1, -0.05) is 31.2 Å². The van der Waals surface area contributed by atoms with Crippen molar-refractivity contribution in [2.24, 2.45) is 0 Å². The van der Waals surface area contributed by atoms with Gasteiger partial charge in [0.25, 0.3) is 0 Å². The van der Waals surface area contributed by atoms with Crippen LogP contribution in [0.2, 0.25) is 0 Å². The van der Waals surface area contributed by atoms with Crippen LogP contribution in [0.4, 0.5) is 0 Å². The summed E-state index contributed by atoms with van der Waals surface area (Å²) in [5, 5.41) is 9.96. The summed E-state index contributed by atoms with van der Waals surface area (Å²) in [5.74, 6) is 0. The second kappa shape index (κ2) is 5.23. The van der Waals surface area contributed by atoms with Gasteiger partial charge in [-0.15, -0.1) is 11.3 Å². The van der Waals surface area contributed by atoms with Crippen molar-refractivity contribution in [2.75, 3.05) is 0 Å². The highest BCUT2D eigenvalue weighted by Crippen LogP contribution is 2.21. The Morgan fingerprint density at radius 2 is 1.94 bits per heavy atom. The number of aryl methyl sites for hydroxylation is 1. The van der Waals surface area contributed by atoms with E-state index in [0.717, 1.165) is 16.9 Å². The molecule has 0 saturated heterocycles. The molecule has 0 aliphatic heterocycles. The molecule has 1 unspecified atom stereocenters. The van der Waals surface area contributed by atoms with E-state index in [0.29, 0.717) is 6.42 Å². The molecule has 0 radical (unpaired) electrons. The van der Waals surface area contributed by atoms with Gasteiger partial charge >= 0.3 is 0 Å². The first-order chi connectivity index (χ1) is 7.79. The molecule has 0 aliphatic rings. The molecule has 84 valence electrons. The number of thiazole rings is 1. The monoisotopic (exact) mass is 233 g/mol. The van der Waals surface area contributed by atoms with Crippen LogP contribution in [0.1, 0.15) is 29.0 Å². The Morgan fingerprint density at radius 3 is 2.50 bits per heavy atom. The van der Waals surface area contributed by atoms with Gasteiger partial charge in [0.15, 0.2) is 0 Å². The maximum absolute atomic E-state index is 9.96. The molecule has 0 spiro atoms. The molecule has 1 heterocycles. The van der Waals surface area contributed by atoms with Gasteiger partial charge in [-0.25, -0.2) is 0 Å². The number of rotatable bonds is 4. The Bertz CT molecular complexity index is 422. The summed E-state index contributed by atoms with van der Waals surface area (Å²) in [4.78, 5) is 4.90. The predicted molar refractivity (Wildman–Crippen MR) is 66.6 cm³/mol. The molecule has 0 aliphatic carbocycles. The molecule has 1 aromatic carbocycles. The number of hydrogen-bond acceptors (Lipinski definition) is 3. The fourth-order valence-electron chi connectivity index (χ4n) is 1.63. The summed E-state index contributed by atoms with van der Waals surface area (Å²) < 4.78 is 0. The van der Waals surface area contributed by atoms with Crippen molar-refractivity contribution in [3.05, 3.63) is 52.0 Å². The summed E-state index contributed by atoms with van der Waals surface area (Å²) in [6.45, 7) is 2.14. The second-order valence-corrected chi connectivity index (χ2v) is 4.71. The number of nitrogens with zero attached hydrogens (tertiary/aromatic N) is 1. The zero-order valence-corrected chi connectivity index (χ0v) is 10.1. The molecular weight excluding hydrogens is 218 g/mol. The number of hydrogen-bond donors (Lipinski definition) is 1. The predicted octanol–water partition coefficient (Wildman–Crippen LogP) is 2.98. The van der Waals surface area contributed by atoms with Crippen LogP contribution < -0.4 is 0 Å². The minimum Gasteiger partial charge on any atom is -0.387 e. The van der Waals surface area contributed by atoms with Crippen LogP contribution in [0.15, 0.2) is 36.0 Å². The molecule has 1 atom stereocenters. The van der Waals surface area contributed by atoms with Gasteiger partial charge < -0.3 is 5.11 Å². The first-order valence-electron chi connectivity index (χ1n) is 5.44. The summed E-state index contributed by atoms with van der Waals surface area (Å²) in [6, 6.07) is 8.41. The van der Waals surface area contributed by atoms with Crippen molar-refractivity contribution >= 4 is 11.3 Å². The first kappa shape index (κ1) is 11.3. The molecule has 0 bridgehead atoms. The minimum atomic E-state index is -0.431. The molecule has 2 rings (SSSR count). The average molecular weight is 233 g/mol.